The molecular weight excluding hydrogens is 299 g/mol. The molecule has 1 saturated carbocycles. The molecule has 0 aliphatic heterocycles. The molecule has 1 heterocycles. The molecule has 1 fully saturated rings. The van der Waals surface area contributed by atoms with Crippen LogP contribution in [-0.2, 0) is 4.79 Å². The van der Waals surface area contributed by atoms with Gasteiger partial charge in [-0.05, 0) is 25.0 Å². The molecular formula is C14H14Cl2N2O2. The number of benzene rings is 1. The molecule has 106 valence electrons. The number of carboxylic acid groups (broad SMARTS) is 1. The molecule has 2 unspecified atom stereocenters. The molecule has 6 heteroatoms. The van der Waals surface area contributed by atoms with Crippen molar-refractivity contribution in [3.8, 4) is 0 Å². The lowest BCUT2D eigenvalue weighted by molar-refractivity contribution is -0.143. The molecule has 0 spiro atoms. The Bertz CT molecular complexity index is 629. The van der Waals surface area contributed by atoms with Crippen molar-refractivity contribution in [2.24, 2.45) is 5.92 Å². The Labute approximate surface area is 126 Å². The maximum Gasteiger partial charge on any atom is 0.307 e. The SMILES string of the molecule is O=C(O)C1CCCCC1c1nc2cc(Cl)c(Cl)cc2[nH]1. The standard InChI is InChI=1S/C14H14Cl2N2O2/c15-9-5-11-12(6-10(9)16)18-13(17-11)7-3-1-2-4-8(7)14(19)20/h5-8H,1-4H2,(H,17,18)(H,19,20). The fourth-order valence-electron chi connectivity index (χ4n) is 2.95. The van der Waals surface area contributed by atoms with Crippen LogP contribution in [0.2, 0.25) is 10.0 Å². The van der Waals surface area contributed by atoms with Crippen LogP contribution in [0.5, 0.6) is 0 Å². The second kappa shape index (κ2) is 5.26. The van der Waals surface area contributed by atoms with Crippen molar-refractivity contribution in [2.45, 2.75) is 31.6 Å². The molecule has 2 atom stereocenters. The molecule has 1 aromatic heterocycles. The van der Waals surface area contributed by atoms with Gasteiger partial charge in [0.2, 0.25) is 0 Å². The summed E-state index contributed by atoms with van der Waals surface area (Å²) in [5.41, 5.74) is 1.52. The van der Waals surface area contributed by atoms with Crippen LogP contribution in [0.1, 0.15) is 37.4 Å². The van der Waals surface area contributed by atoms with E-state index in [0.717, 1.165) is 36.1 Å². The smallest absolute Gasteiger partial charge is 0.307 e. The average Bonchev–Trinajstić information content (AvgIpc) is 2.82. The van der Waals surface area contributed by atoms with Crippen molar-refractivity contribution in [3.63, 3.8) is 0 Å². The van der Waals surface area contributed by atoms with Crippen LogP contribution in [0, 0.1) is 5.92 Å². The first kappa shape index (κ1) is 13.7. The largest absolute Gasteiger partial charge is 0.481 e. The topological polar surface area (TPSA) is 66.0 Å². The molecule has 1 aliphatic carbocycles. The second-order valence-corrected chi connectivity index (χ2v) is 6.06. The number of carboxylic acids is 1. The van der Waals surface area contributed by atoms with Crippen molar-refractivity contribution >= 4 is 40.2 Å². The van der Waals surface area contributed by atoms with Gasteiger partial charge >= 0.3 is 5.97 Å². The lowest BCUT2D eigenvalue weighted by Crippen LogP contribution is -2.26. The van der Waals surface area contributed by atoms with E-state index in [1.165, 1.54) is 0 Å². The van der Waals surface area contributed by atoms with Crippen LogP contribution >= 0.6 is 23.2 Å². The number of hydrogen-bond acceptors (Lipinski definition) is 2. The highest BCUT2D eigenvalue weighted by atomic mass is 35.5. The van der Waals surface area contributed by atoms with Crippen molar-refractivity contribution in [2.75, 3.05) is 0 Å². The van der Waals surface area contributed by atoms with Crippen molar-refractivity contribution in [1.29, 1.82) is 0 Å². The van der Waals surface area contributed by atoms with Gasteiger partial charge in [-0.2, -0.15) is 0 Å². The average molecular weight is 313 g/mol. The minimum absolute atomic E-state index is 0.0637. The predicted octanol–water partition coefficient (Wildman–Crippen LogP) is 4.23. The third kappa shape index (κ3) is 2.38. The molecule has 0 saturated heterocycles. The number of aromatic nitrogens is 2. The molecule has 0 amide bonds. The lowest BCUT2D eigenvalue weighted by atomic mass is 9.79. The molecule has 1 aromatic carbocycles. The lowest BCUT2D eigenvalue weighted by Gasteiger charge is -2.26. The highest BCUT2D eigenvalue weighted by molar-refractivity contribution is 6.42. The van der Waals surface area contributed by atoms with Crippen LogP contribution in [0.25, 0.3) is 11.0 Å². The highest BCUT2D eigenvalue weighted by Gasteiger charge is 2.33. The summed E-state index contributed by atoms with van der Waals surface area (Å²) >= 11 is 12.0. The summed E-state index contributed by atoms with van der Waals surface area (Å²) in [4.78, 5) is 19.1. The molecule has 4 nitrogen and oxygen atoms in total. The Balaban J connectivity index is 2.02. The maximum atomic E-state index is 11.4. The van der Waals surface area contributed by atoms with Gasteiger partial charge < -0.3 is 10.1 Å². The zero-order valence-electron chi connectivity index (χ0n) is 10.7. The maximum absolute atomic E-state index is 11.4. The van der Waals surface area contributed by atoms with E-state index in [1.54, 1.807) is 12.1 Å². The first-order valence-electron chi connectivity index (χ1n) is 6.63. The van der Waals surface area contributed by atoms with Gasteiger partial charge in [0.05, 0.1) is 27.0 Å². The number of nitrogens with one attached hydrogen (secondary N) is 1. The van der Waals surface area contributed by atoms with Crippen LogP contribution in [0.4, 0.5) is 0 Å². The second-order valence-electron chi connectivity index (χ2n) is 5.24. The molecule has 2 aromatic rings. The van der Waals surface area contributed by atoms with Crippen molar-refractivity contribution in [1.82, 2.24) is 9.97 Å². The minimum Gasteiger partial charge on any atom is -0.481 e. The number of rotatable bonds is 2. The van der Waals surface area contributed by atoms with Gasteiger partial charge in [-0.3, -0.25) is 4.79 Å². The molecule has 0 radical (unpaired) electrons. The fraction of sp³-hybridized carbons (Fsp3) is 0.429. The van der Waals surface area contributed by atoms with E-state index in [0.29, 0.717) is 16.5 Å². The number of fused-ring (bicyclic) bond motifs is 1. The van der Waals surface area contributed by atoms with E-state index in [-0.39, 0.29) is 11.8 Å². The van der Waals surface area contributed by atoms with E-state index in [2.05, 4.69) is 9.97 Å². The quantitative estimate of drug-likeness (QED) is 0.872. The van der Waals surface area contributed by atoms with Gasteiger partial charge in [-0.15, -0.1) is 0 Å². The summed E-state index contributed by atoms with van der Waals surface area (Å²) in [5.74, 6) is -0.446. The van der Waals surface area contributed by atoms with Gasteiger partial charge in [-0.25, -0.2) is 4.98 Å². The van der Waals surface area contributed by atoms with Crippen molar-refractivity contribution < 1.29 is 9.90 Å². The van der Waals surface area contributed by atoms with Crippen LogP contribution in [0.3, 0.4) is 0 Å². The first-order chi connectivity index (χ1) is 9.56. The zero-order valence-corrected chi connectivity index (χ0v) is 12.2. The molecule has 0 bridgehead atoms. The molecule has 1 aliphatic rings. The number of nitrogens with zero attached hydrogens (tertiary/aromatic N) is 1. The van der Waals surface area contributed by atoms with Crippen LogP contribution in [-0.4, -0.2) is 21.0 Å². The molecule has 2 N–H and O–H groups in total. The third-order valence-corrected chi connectivity index (χ3v) is 4.70. The van der Waals surface area contributed by atoms with Gasteiger partial charge in [0.1, 0.15) is 5.82 Å². The predicted molar refractivity (Wildman–Crippen MR) is 78.4 cm³/mol. The number of halogens is 2. The number of aliphatic carboxylic acids is 1. The van der Waals surface area contributed by atoms with E-state index in [9.17, 15) is 9.90 Å². The number of H-pyrrole nitrogens is 1. The number of imidazole rings is 1. The molecule has 3 rings (SSSR count). The number of hydrogen-bond donors (Lipinski definition) is 2. The summed E-state index contributed by atoms with van der Waals surface area (Å²) in [6, 6.07) is 3.44. The van der Waals surface area contributed by atoms with E-state index in [4.69, 9.17) is 23.2 Å². The minimum atomic E-state index is -0.744. The number of aromatic amines is 1. The van der Waals surface area contributed by atoms with E-state index >= 15 is 0 Å². The summed E-state index contributed by atoms with van der Waals surface area (Å²) < 4.78 is 0. The normalized spacial score (nSPS) is 23.1. The van der Waals surface area contributed by atoms with Gasteiger partial charge in [0.15, 0.2) is 0 Å². The Kier molecular flexibility index (Phi) is 3.61. The Morgan fingerprint density at radius 1 is 1.25 bits per heavy atom. The molecule has 20 heavy (non-hydrogen) atoms. The van der Waals surface area contributed by atoms with Gasteiger partial charge in [-0.1, -0.05) is 36.0 Å². The van der Waals surface area contributed by atoms with Crippen LogP contribution < -0.4 is 0 Å². The van der Waals surface area contributed by atoms with Crippen molar-refractivity contribution in [3.05, 3.63) is 28.0 Å². The summed E-state index contributed by atoms with van der Waals surface area (Å²) in [5, 5.41) is 10.3. The van der Waals surface area contributed by atoms with E-state index in [1.807, 2.05) is 0 Å². The monoisotopic (exact) mass is 312 g/mol. The van der Waals surface area contributed by atoms with Gasteiger partial charge in [0, 0.05) is 5.92 Å². The summed E-state index contributed by atoms with van der Waals surface area (Å²) in [6.07, 6.45) is 3.55. The number of carbonyl (C=O) groups is 1. The van der Waals surface area contributed by atoms with E-state index < -0.39 is 5.97 Å². The summed E-state index contributed by atoms with van der Waals surface area (Å²) in [6.45, 7) is 0. The summed E-state index contributed by atoms with van der Waals surface area (Å²) in [7, 11) is 0. The zero-order chi connectivity index (χ0) is 14.3. The van der Waals surface area contributed by atoms with Gasteiger partial charge in [0.25, 0.3) is 0 Å². The highest BCUT2D eigenvalue weighted by Crippen LogP contribution is 2.38. The fourth-order valence-corrected chi connectivity index (χ4v) is 3.28. The van der Waals surface area contributed by atoms with Crippen LogP contribution in [0.15, 0.2) is 12.1 Å². The first-order valence-corrected chi connectivity index (χ1v) is 7.39. The Morgan fingerprint density at radius 2 is 1.95 bits per heavy atom. The Hall–Kier alpha value is -1.26. The third-order valence-electron chi connectivity index (χ3n) is 3.98. The Morgan fingerprint density at radius 3 is 2.70 bits per heavy atom.